The van der Waals surface area contributed by atoms with Crippen molar-refractivity contribution in [2.45, 2.75) is 44.9 Å². The quantitative estimate of drug-likeness (QED) is 0.866. The average molecular weight is 358 g/mol. The Balaban J connectivity index is 1.62. The Morgan fingerprint density at radius 1 is 0.885 bits per heavy atom. The Kier molecular flexibility index (Phi) is 5.91. The lowest BCUT2D eigenvalue weighted by molar-refractivity contribution is -0.147. The number of piperidine rings is 1. The van der Waals surface area contributed by atoms with Crippen molar-refractivity contribution in [3.8, 4) is 0 Å². The highest BCUT2D eigenvalue weighted by molar-refractivity contribution is 5.97. The molecule has 0 radical (unpaired) electrons. The lowest BCUT2D eigenvalue weighted by Gasteiger charge is -2.27. The van der Waals surface area contributed by atoms with Gasteiger partial charge in [-0.15, -0.1) is 0 Å². The highest BCUT2D eigenvalue weighted by Crippen LogP contribution is 2.31. The number of nitrogens with zero attached hydrogens (tertiary/aromatic N) is 1. The van der Waals surface area contributed by atoms with E-state index in [0.29, 0.717) is 24.1 Å². The first-order valence-corrected chi connectivity index (χ1v) is 9.49. The zero-order chi connectivity index (χ0) is 18.5. The topological polar surface area (TPSA) is 86.7 Å². The number of benzene rings is 1. The summed E-state index contributed by atoms with van der Waals surface area (Å²) in [4.78, 5) is 38.2. The number of rotatable bonds is 4. The first-order valence-electron chi connectivity index (χ1n) is 9.49. The Bertz CT molecular complexity index is 665. The van der Waals surface area contributed by atoms with Gasteiger partial charge < -0.3 is 15.3 Å². The van der Waals surface area contributed by atoms with Crippen LogP contribution in [-0.2, 0) is 9.59 Å². The highest BCUT2D eigenvalue weighted by atomic mass is 16.4. The standard InChI is InChI=1S/C20H26N2O4/c23-18(16-6-2-3-7-17(16)20(25)26)21-15-10-8-14(9-11-15)19(24)22-12-4-1-5-13-22/h8-11,16-17H,1-7,12-13H2,(H,21,23)(H,25,26)/t16-,17+/m0/s1. The monoisotopic (exact) mass is 358 g/mol. The SMILES string of the molecule is O=C(Nc1ccc(C(=O)N2CCCCC2)cc1)[C@H]1CCCC[C@H]1C(=O)O. The number of likely N-dealkylation sites (tertiary alicyclic amines) is 1. The van der Waals surface area contributed by atoms with Crippen LogP contribution in [0.5, 0.6) is 0 Å². The molecule has 140 valence electrons. The van der Waals surface area contributed by atoms with Crippen molar-refractivity contribution in [1.82, 2.24) is 4.90 Å². The van der Waals surface area contributed by atoms with E-state index in [4.69, 9.17) is 0 Å². The minimum atomic E-state index is -0.896. The maximum absolute atomic E-state index is 12.5. The van der Waals surface area contributed by atoms with Crippen LogP contribution in [0.2, 0.25) is 0 Å². The van der Waals surface area contributed by atoms with Gasteiger partial charge in [-0.2, -0.15) is 0 Å². The normalized spacial score (nSPS) is 23.3. The fourth-order valence-electron chi connectivity index (χ4n) is 3.95. The van der Waals surface area contributed by atoms with Crippen LogP contribution in [0.15, 0.2) is 24.3 Å². The minimum Gasteiger partial charge on any atom is -0.481 e. The molecule has 2 amide bonds. The van der Waals surface area contributed by atoms with Crippen molar-refractivity contribution in [2.24, 2.45) is 11.8 Å². The molecule has 2 aliphatic rings. The number of carbonyl (C=O) groups is 3. The summed E-state index contributed by atoms with van der Waals surface area (Å²) in [6.45, 7) is 1.60. The fourth-order valence-corrected chi connectivity index (χ4v) is 3.95. The molecule has 0 spiro atoms. The number of carboxylic acids is 1. The van der Waals surface area contributed by atoms with Gasteiger partial charge >= 0.3 is 5.97 Å². The van der Waals surface area contributed by atoms with Crippen LogP contribution in [0.4, 0.5) is 5.69 Å². The van der Waals surface area contributed by atoms with Crippen LogP contribution < -0.4 is 5.32 Å². The molecule has 2 atom stereocenters. The molecule has 1 heterocycles. The third kappa shape index (κ3) is 4.23. The summed E-state index contributed by atoms with van der Waals surface area (Å²) < 4.78 is 0. The van der Waals surface area contributed by atoms with Gasteiger partial charge in [0, 0.05) is 24.3 Å². The highest BCUT2D eigenvalue weighted by Gasteiger charge is 2.35. The van der Waals surface area contributed by atoms with Crippen LogP contribution in [0.25, 0.3) is 0 Å². The van der Waals surface area contributed by atoms with Crippen molar-refractivity contribution < 1.29 is 19.5 Å². The molecule has 1 saturated carbocycles. The molecule has 0 aromatic heterocycles. The summed E-state index contributed by atoms with van der Waals surface area (Å²) >= 11 is 0. The zero-order valence-corrected chi connectivity index (χ0v) is 14.9. The number of hydrogen-bond acceptors (Lipinski definition) is 3. The Hall–Kier alpha value is -2.37. The minimum absolute atomic E-state index is 0.0285. The predicted octanol–water partition coefficient (Wildman–Crippen LogP) is 3.14. The number of amides is 2. The molecule has 1 aliphatic carbocycles. The van der Waals surface area contributed by atoms with Crippen LogP contribution in [-0.4, -0.2) is 40.9 Å². The second-order valence-electron chi connectivity index (χ2n) is 7.26. The summed E-state index contributed by atoms with van der Waals surface area (Å²) in [5, 5.41) is 12.1. The second-order valence-corrected chi connectivity index (χ2v) is 7.26. The van der Waals surface area contributed by atoms with Crippen LogP contribution in [0.1, 0.15) is 55.3 Å². The van der Waals surface area contributed by atoms with E-state index in [0.717, 1.165) is 38.8 Å². The van der Waals surface area contributed by atoms with Gasteiger partial charge in [-0.3, -0.25) is 14.4 Å². The maximum atomic E-state index is 12.5. The van der Waals surface area contributed by atoms with Gasteiger partial charge in [-0.05, 0) is 56.4 Å². The number of carbonyl (C=O) groups excluding carboxylic acids is 2. The van der Waals surface area contributed by atoms with E-state index in [-0.39, 0.29) is 11.8 Å². The molecule has 1 aromatic carbocycles. The summed E-state index contributed by atoms with van der Waals surface area (Å²) in [5.41, 5.74) is 1.21. The van der Waals surface area contributed by atoms with Gasteiger partial charge in [0.2, 0.25) is 5.91 Å². The lowest BCUT2D eigenvalue weighted by Crippen LogP contribution is -2.36. The second kappa shape index (κ2) is 8.34. The first-order chi connectivity index (χ1) is 12.6. The van der Waals surface area contributed by atoms with Crippen molar-refractivity contribution in [2.75, 3.05) is 18.4 Å². The number of nitrogens with one attached hydrogen (secondary N) is 1. The molecule has 2 N–H and O–H groups in total. The first kappa shape index (κ1) is 18.4. The summed E-state index contributed by atoms with van der Waals surface area (Å²) in [6, 6.07) is 6.88. The van der Waals surface area contributed by atoms with Crippen molar-refractivity contribution >= 4 is 23.5 Å². The molecule has 1 saturated heterocycles. The van der Waals surface area contributed by atoms with Gasteiger partial charge in [-0.1, -0.05) is 12.8 Å². The van der Waals surface area contributed by atoms with Crippen molar-refractivity contribution in [3.63, 3.8) is 0 Å². The van der Waals surface area contributed by atoms with E-state index in [1.807, 2.05) is 4.90 Å². The van der Waals surface area contributed by atoms with E-state index < -0.39 is 17.8 Å². The van der Waals surface area contributed by atoms with E-state index >= 15 is 0 Å². The van der Waals surface area contributed by atoms with Gasteiger partial charge in [0.05, 0.1) is 11.8 Å². The number of hydrogen-bond donors (Lipinski definition) is 2. The molecule has 3 rings (SSSR count). The van der Waals surface area contributed by atoms with Crippen molar-refractivity contribution in [1.29, 1.82) is 0 Å². The fraction of sp³-hybridized carbons (Fsp3) is 0.550. The van der Waals surface area contributed by atoms with Gasteiger partial charge in [-0.25, -0.2) is 0 Å². The molecule has 1 aromatic rings. The lowest BCUT2D eigenvalue weighted by atomic mass is 9.78. The molecule has 0 bridgehead atoms. The summed E-state index contributed by atoms with van der Waals surface area (Å²) in [5.74, 6) is -2.21. The molecule has 1 aliphatic heterocycles. The zero-order valence-electron chi connectivity index (χ0n) is 14.9. The molecule has 0 unspecified atom stereocenters. The van der Waals surface area contributed by atoms with Crippen LogP contribution >= 0.6 is 0 Å². The average Bonchev–Trinajstić information content (AvgIpc) is 2.68. The van der Waals surface area contributed by atoms with E-state index in [2.05, 4.69) is 5.32 Å². The third-order valence-corrected chi connectivity index (χ3v) is 5.46. The van der Waals surface area contributed by atoms with E-state index in [1.165, 1.54) is 6.42 Å². The largest absolute Gasteiger partial charge is 0.481 e. The molecule has 2 fully saturated rings. The van der Waals surface area contributed by atoms with Crippen LogP contribution in [0, 0.1) is 11.8 Å². The molecule has 6 nitrogen and oxygen atoms in total. The molecule has 6 heteroatoms. The Morgan fingerprint density at radius 3 is 2.12 bits per heavy atom. The van der Waals surface area contributed by atoms with Gasteiger partial charge in [0.1, 0.15) is 0 Å². The molecule has 26 heavy (non-hydrogen) atoms. The smallest absolute Gasteiger partial charge is 0.307 e. The summed E-state index contributed by atoms with van der Waals surface area (Å²) in [7, 11) is 0. The molecular weight excluding hydrogens is 332 g/mol. The maximum Gasteiger partial charge on any atom is 0.307 e. The third-order valence-electron chi connectivity index (χ3n) is 5.46. The Morgan fingerprint density at radius 2 is 1.50 bits per heavy atom. The molecular formula is C20H26N2O4. The number of aliphatic carboxylic acids is 1. The van der Waals surface area contributed by atoms with E-state index in [1.54, 1.807) is 24.3 Å². The number of carboxylic acid groups (broad SMARTS) is 1. The van der Waals surface area contributed by atoms with E-state index in [9.17, 15) is 19.5 Å². The van der Waals surface area contributed by atoms with Gasteiger partial charge in [0.15, 0.2) is 0 Å². The number of anilines is 1. The summed E-state index contributed by atoms with van der Waals surface area (Å²) in [6.07, 6.45) is 6.16. The predicted molar refractivity (Wildman–Crippen MR) is 97.9 cm³/mol. The Labute approximate surface area is 153 Å². The van der Waals surface area contributed by atoms with Crippen molar-refractivity contribution in [3.05, 3.63) is 29.8 Å². The van der Waals surface area contributed by atoms with Gasteiger partial charge in [0.25, 0.3) is 5.91 Å². The van der Waals surface area contributed by atoms with Crippen LogP contribution in [0.3, 0.4) is 0 Å².